The van der Waals surface area contributed by atoms with Gasteiger partial charge >= 0.3 is 6.18 Å². The van der Waals surface area contributed by atoms with Crippen molar-refractivity contribution in [2.45, 2.75) is 45.1 Å². The van der Waals surface area contributed by atoms with Crippen LogP contribution in [0.15, 0.2) is 10.5 Å². The van der Waals surface area contributed by atoms with Crippen molar-refractivity contribution in [1.82, 2.24) is 10.2 Å². The summed E-state index contributed by atoms with van der Waals surface area (Å²) in [5, 5.41) is 2.96. The first-order valence-electron chi connectivity index (χ1n) is 6.42. The van der Waals surface area contributed by atoms with Gasteiger partial charge in [0, 0.05) is 18.2 Å². The standard InChI is InChI=1S/C13H19F3N2O/c1-9-10(5-12(19-9)6-17-2)7-18(11-3-4-11)8-13(14,15)16/h5,11,17H,3-4,6-8H2,1-2H3. The van der Waals surface area contributed by atoms with Crippen LogP contribution in [0.2, 0.25) is 0 Å². The molecule has 19 heavy (non-hydrogen) atoms. The molecule has 108 valence electrons. The third-order valence-corrected chi connectivity index (χ3v) is 3.24. The fraction of sp³-hybridized carbons (Fsp3) is 0.692. The highest BCUT2D eigenvalue weighted by Crippen LogP contribution is 2.32. The first-order chi connectivity index (χ1) is 8.89. The summed E-state index contributed by atoms with van der Waals surface area (Å²) in [4.78, 5) is 1.50. The predicted molar refractivity (Wildman–Crippen MR) is 65.7 cm³/mol. The molecule has 0 amide bonds. The number of nitrogens with zero attached hydrogens (tertiary/aromatic N) is 1. The van der Waals surface area contributed by atoms with Crippen LogP contribution in [0.3, 0.4) is 0 Å². The summed E-state index contributed by atoms with van der Waals surface area (Å²) in [7, 11) is 1.80. The van der Waals surface area contributed by atoms with Crippen molar-refractivity contribution in [3.8, 4) is 0 Å². The molecule has 2 rings (SSSR count). The van der Waals surface area contributed by atoms with E-state index in [2.05, 4.69) is 5.32 Å². The number of alkyl halides is 3. The SMILES string of the molecule is CNCc1cc(CN(CC(F)(F)F)C2CC2)c(C)o1. The zero-order valence-electron chi connectivity index (χ0n) is 11.2. The number of furan rings is 1. The van der Waals surface area contributed by atoms with E-state index in [1.165, 1.54) is 4.90 Å². The van der Waals surface area contributed by atoms with Gasteiger partial charge in [0.15, 0.2) is 0 Å². The molecule has 0 bridgehead atoms. The number of aryl methyl sites for hydroxylation is 1. The maximum atomic E-state index is 12.5. The summed E-state index contributed by atoms with van der Waals surface area (Å²) < 4.78 is 43.2. The minimum absolute atomic E-state index is 0.0728. The molecule has 1 aliphatic rings. The smallest absolute Gasteiger partial charge is 0.401 e. The van der Waals surface area contributed by atoms with E-state index in [4.69, 9.17) is 4.42 Å². The molecule has 1 saturated carbocycles. The van der Waals surface area contributed by atoms with Crippen molar-refractivity contribution in [2.75, 3.05) is 13.6 Å². The summed E-state index contributed by atoms with van der Waals surface area (Å²) in [5.41, 5.74) is 0.849. The lowest BCUT2D eigenvalue weighted by Gasteiger charge is -2.22. The highest BCUT2D eigenvalue weighted by Gasteiger charge is 2.38. The second-order valence-corrected chi connectivity index (χ2v) is 5.08. The molecule has 0 aromatic carbocycles. The third-order valence-electron chi connectivity index (χ3n) is 3.24. The van der Waals surface area contributed by atoms with Gasteiger partial charge < -0.3 is 9.73 Å². The minimum Gasteiger partial charge on any atom is -0.465 e. The lowest BCUT2D eigenvalue weighted by molar-refractivity contribution is -0.148. The zero-order valence-corrected chi connectivity index (χ0v) is 11.2. The Labute approximate surface area is 110 Å². The summed E-state index contributed by atoms with van der Waals surface area (Å²) in [6.45, 7) is 1.85. The van der Waals surface area contributed by atoms with Gasteiger partial charge in [0.1, 0.15) is 11.5 Å². The Hall–Kier alpha value is -1.01. The van der Waals surface area contributed by atoms with Crippen LogP contribution >= 0.6 is 0 Å². The maximum Gasteiger partial charge on any atom is 0.401 e. The van der Waals surface area contributed by atoms with E-state index in [0.29, 0.717) is 18.8 Å². The van der Waals surface area contributed by atoms with E-state index >= 15 is 0 Å². The summed E-state index contributed by atoms with van der Waals surface area (Å²) in [5.74, 6) is 1.47. The molecule has 6 heteroatoms. The molecule has 1 aliphatic carbocycles. The fourth-order valence-electron chi connectivity index (χ4n) is 2.21. The number of nitrogens with one attached hydrogen (secondary N) is 1. The fourth-order valence-corrected chi connectivity index (χ4v) is 2.21. The quantitative estimate of drug-likeness (QED) is 0.866. The molecule has 0 atom stereocenters. The van der Waals surface area contributed by atoms with Crippen LogP contribution in [-0.4, -0.2) is 30.7 Å². The average Bonchev–Trinajstić information content (AvgIpc) is 3.04. The molecule has 1 heterocycles. The number of rotatable bonds is 6. The van der Waals surface area contributed by atoms with Crippen LogP contribution in [0.4, 0.5) is 13.2 Å². The average molecular weight is 276 g/mol. The van der Waals surface area contributed by atoms with Crippen LogP contribution in [0, 0.1) is 6.92 Å². The molecule has 3 nitrogen and oxygen atoms in total. The van der Waals surface area contributed by atoms with E-state index in [1.54, 1.807) is 14.0 Å². The lowest BCUT2D eigenvalue weighted by Crippen LogP contribution is -2.35. The molecule has 0 saturated heterocycles. The Morgan fingerprint density at radius 2 is 2.11 bits per heavy atom. The topological polar surface area (TPSA) is 28.4 Å². The highest BCUT2D eigenvalue weighted by atomic mass is 19.4. The summed E-state index contributed by atoms with van der Waals surface area (Å²) in [6.07, 6.45) is -2.43. The van der Waals surface area contributed by atoms with Gasteiger partial charge in [-0.1, -0.05) is 0 Å². The summed E-state index contributed by atoms with van der Waals surface area (Å²) >= 11 is 0. The monoisotopic (exact) mass is 276 g/mol. The highest BCUT2D eigenvalue weighted by molar-refractivity contribution is 5.21. The predicted octanol–water partition coefficient (Wildman–Crippen LogP) is 2.83. The van der Waals surface area contributed by atoms with Crippen molar-refractivity contribution in [1.29, 1.82) is 0 Å². The van der Waals surface area contributed by atoms with Crippen LogP contribution in [-0.2, 0) is 13.1 Å². The van der Waals surface area contributed by atoms with E-state index in [9.17, 15) is 13.2 Å². The van der Waals surface area contributed by atoms with E-state index in [-0.39, 0.29) is 6.04 Å². The van der Waals surface area contributed by atoms with E-state index < -0.39 is 12.7 Å². The van der Waals surface area contributed by atoms with E-state index in [1.807, 2.05) is 6.07 Å². The zero-order chi connectivity index (χ0) is 14.0. The number of hydrogen-bond donors (Lipinski definition) is 1. The second kappa shape index (κ2) is 5.54. The van der Waals surface area contributed by atoms with Gasteiger partial charge in [-0.2, -0.15) is 13.2 Å². The van der Waals surface area contributed by atoms with Crippen LogP contribution in [0.1, 0.15) is 29.9 Å². The molecule has 1 aromatic heterocycles. The Kier molecular flexibility index (Phi) is 4.20. The number of hydrogen-bond acceptors (Lipinski definition) is 3. The summed E-state index contributed by atoms with van der Waals surface area (Å²) in [6, 6.07) is 1.92. The van der Waals surface area contributed by atoms with Crippen molar-refractivity contribution in [2.24, 2.45) is 0 Å². The maximum absolute atomic E-state index is 12.5. The van der Waals surface area contributed by atoms with Crippen molar-refractivity contribution >= 4 is 0 Å². The Morgan fingerprint density at radius 1 is 1.42 bits per heavy atom. The van der Waals surface area contributed by atoms with Gasteiger partial charge in [-0.15, -0.1) is 0 Å². The lowest BCUT2D eigenvalue weighted by atomic mass is 10.2. The molecular formula is C13H19F3N2O. The van der Waals surface area contributed by atoms with Gasteiger partial charge in [-0.05, 0) is 32.9 Å². The normalized spacial score (nSPS) is 16.3. The minimum atomic E-state index is -4.14. The second-order valence-electron chi connectivity index (χ2n) is 5.08. The largest absolute Gasteiger partial charge is 0.465 e. The van der Waals surface area contributed by atoms with E-state index in [0.717, 1.165) is 24.2 Å². The van der Waals surface area contributed by atoms with Crippen molar-refractivity contribution in [3.63, 3.8) is 0 Å². The molecule has 0 spiro atoms. The van der Waals surface area contributed by atoms with Crippen LogP contribution in [0.5, 0.6) is 0 Å². The van der Waals surface area contributed by atoms with Gasteiger partial charge in [0.05, 0.1) is 13.1 Å². The van der Waals surface area contributed by atoms with Crippen molar-refractivity contribution < 1.29 is 17.6 Å². The number of halogens is 3. The Morgan fingerprint density at radius 3 is 2.63 bits per heavy atom. The Balaban J connectivity index is 2.04. The molecule has 0 unspecified atom stereocenters. The van der Waals surface area contributed by atoms with Gasteiger partial charge in [0.2, 0.25) is 0 Å². The van der Waals surface area contributed by atoms with Crippen LogP contribution < -0.4 is 5.32 Å². The van der Waals surface area contributed by atoms with Crippen LogP contribution in [0.25, 0.3) is 0 Å². The molecule has 0 radical (unpaired) electrons. The first kappa shape index (κ1) is 14.4. The Bertz CT molecular complexity index is 424. The molecule has 1 aromatic rings. The van der Waals surface area contributed by atoms with Gasteiger partial charge in [-0.25, -0.2) is 0 Å². The van der Waals surface area contributed by atoms with Gasteiger partial charge in [0.25, 0.3) is 0 Å². The molecular weight excluding hydrogens is 257 g/mol. The first-order valence-corrected chi connectivity index (χ1v) is 6.42. The molecule has 1 fully saturated rings. The van der Waals surface area contributed by atoms with Crippen molar-refractivity contribution in [3.05, 3.63) is 23.2 Å². The third kappa shape index (κ3) is 4.24. The molecule has 0 aliphatic heterocycles. The van der Waals surface area contributed by atoms with Gasteiger partial charge in [-0.3, -0.25) is 4.90 Å². The molecule has 1 N–H and O–H groups in total.